The van der Waals surface area contributed by atoms with Gasteiger partial charge in [0.25, 0.3) is 11.9 Å². The molecule has 0 saturated carbocycles. The summed E-state index contributed by atoms with van der Waals surface area (Å²) < 4.78 is 60.2. The maximum atomic E-state index is 13.9. The number of amides is 3. The summed E-state index contributed by atoms with van der Waals surface area (Å²) in [6.07, 6.45) is -2.12. The number of rotatable bonds is 6. The van der Waals surface area contributed by atoms with Gasteiger partial charge >= 0.3 is 12.2 Å². The van der Waals surface area contributed by atoms with Gasteiger partial charge in [-0.25, -0.2) is 14.2 Å². The normalized spacial score (nSPS) is 16.0. The van der Waals surface area contributed by atoms with Crippen molar-refractivity contribution in [2.45, 2.75) is 24.9 Å². The second kappa shape index (κ2) is 13.1. The zero-order chi connectivity index (χ0) is 32.3. The Hall–Kier alpha value is -5.14. The molecule has 46 heavy (non-hydrogen) atoms. The lowest BCUT2D eigenvalue weighted by Gasteiger charge is -2.35. The van der Waals surface area contributed by atoms with E-state index in [4.69, 9.17) is 4.42 Å². The summed E-state index contributed by atoms with van der Waals surface area (Å²) >= 11 is 0. The number of urea groups is 1. The number of carbonyl (C=O) groups excluding carboxylic acids is 2. The molecule has 240 valence electrons. The Morgan fingerprint density at radius 1 is 0.804 bits per heavy atom. The molecule has 0 spiro atoms. The third-order valence-corrected chi connectivity index (χ3v) is 8.12. The molecule has 0 atom stereocenters. The molecule has 0 aliphatic carbocycles. The lowest BCUT2D eigenvalue weighted by Crippen LogP contribution is -2.50. The van der Waals surface area contributed by atoms with Crippen molar-refractivity contribution in [1.82, 2.24) is 14.9 Å². The highest BCUT2D eigenvalue weighted by molar-refractivity contribution is 6.03. The second-order valence-electron chi connectivity index (χ2n) is 11.1. The molecule has 2 aliphatic rings. The molecule has 2 saturated heterocycles. The number of piperidine rings is 1. The van der Waals surface area contributed by atoms with Gasteiger partial charge in [-0.05, 0) is 60.7 Å². The van der Waals surface area contributed by atoms with E-state index in [-0.39, 0.29) is 23.7 Å². The van der Waals surface area contributed by atoms with Crippen molar-refractivity contribution >= 4 is 35.1 Å². The van der Waals surface area contributed by atoms with Gasteiger partial charge in [0.05, 0.1) is 11.9 Å². The summed E-state index contributed by atoms with van der Waals surface area (Å²) in [5.74, 6) is -1.53. The number of oxazole rings is 1. The number of hydrogen-bond donors (Lipinski definition) is 2. The number of piperazine rings is 1. The number of alkyl halides is 3. The fourth-order valence-electron chi connectivity index (χ4n) is 5.63. The van der Waals surface area contributed by atoms with E-state index in [1.807, 2.05) is 35.2 Å². The summed E-state index contributed by atoms with van der Waals surface area (Å²) in [4.78, 5) is 38.8. The highest BCUT2D eigenvalue weighted by Crippen LogP contribution is 2.36. The number of pyridine rings is 1. The summed E-state index contributed by atoms with van der Waals surface area (Å²) in [5, 5.41) is 5.17. The minimum absolute atomic E-state index is 0.181. The maximum absolute atomic E-state index is 13.9. The van der Waals surface area contributed by atoms with Crippen LogP contribution in [0.2, 0.25) is 0 Å². The average molecular weight is 638 g/mol. The first-order valence-corrected chi connectivity index (χ1v) is 14.9. The summed E-state index contributed by atoms with van der Waals surface area (Å²) in [5.41, 5.74) is 0.468. The Kier molecular flexibility index (Phi) is 8.77. The molecule has 6 rings (SSSR count). The maximum Gasteiger partial charge on any atom is 0.437 e. The molecule has 2 aromatic carbocycles. The number of halogens is 4. The number of nitrogens with one attached hydrogen (secondary N) is 2. The Morgan fingerprint density at radius 2 is 1.48 bits per heavy atom. The zero-order valence-corrected chi connectivity index (χ0v) is 24.6. The van der Waals surface area contributed by atoms with Crippen molar-refractivity contribution in [3.8, 4) is 0 Å². The first kappa shape index (κ1) is 30.9. The summed E-state index contributed by atoms with van der Waals surface area (Å²) in [6, 6.07) is 18.1. The first-order chi connectivity index (χ1) is 22.1. The monoisotopic (exact) mass is 637 g/mol. The Labute approximate surface area is 262 Å². The quantitative estimate of drug-likeness (QED) is 0.242. The molecule has 3 amide bonds. The molecule has 2 N–H and O–H groups in total. The molecular formula is C32H31F4N7O3. The Balaban J connectivity index is 1.05. The van der Waals surface area contributed by atoms with Crippen LogP contribution in [0.25, 0.3) is 0 Å². The fraction of sp³-hybridized carbons (Fsp3) is 0.312. The topological polar surface area (TPSA) is 107 Å². The van der Waals surface area contributed by atoms with Gasteiger partial charge in [-0.2, -0.15) is 18.2 Å². The van der Waals surface area contributed by atoms with Crippen LogP contribution in [0.15, 0.2) is 77.3 Å². The molecule has 2 fully saturated rings. The standard InChI is InChI=1S/C32H31F4N7O3/c33-23-6-8-24(9-7-23)39-30(45)42-18-16-41(17-19-42)26-11-10-25(20-37-26)38-29(44)27-28(32(34,35)36)40-31(46-27)43-14-12-22(13-15-43)21-4-2-1-3-5-21/h1-11,20,22H,12-19H2,(H,38,44)(H,39,45). The van der Waals surface area contributed by atoms with Crippen LogP contribution in [-0.2, 0) is 6.18 Å². The molecule has 4 heterocycles. The van der Waals surface area contributed by atoms with Crippen LogP contribution in [-0.4, -0.2) is 66.1 Å². The SMILES string of the molecule is O=C(Nc1ccc(N2CCN(C(=O)Nc3ccc(F)cc3)CC2)nc1)c1oc(N2CCC(c3ccccc3)CC2)nc1C(F)(F)F. The molecule has 0 bridgehead atoms. The zero-order valence-electron chi connectivity index (χ0n) is 24.6. The van der Waals surface area contributed by atoms with Gasteiger partial charge < -0.3 is 29.8 Å². The molecule has 10 nitrogen and oxygen atoms in total. The van der Waals surface area contributed by atoms with Crippen LogP contribution in [0.5, 0.6) is 0 Å². The number of aromatic nitrogens is 2. The van der Waals surface area contributed by atoms with Crippen LogP contribution in [0.3, 0.4) is 0 Å². The van der Waals surface area contributed by atoms with E-state index in [0.717, 1.165) is 0 Å². The van der Waals surface area contributed by atoms with Gasteiger partial charge in [0.2, 0.25) is 5.76 Å². The fourth-order valence-corrected chi connectivity index (χ4v) is 5.63. The van der Waals surface area contributed by atoms with Gasteiger partial charge in [0.1, 0.15) is 11.6 Å². The molecule has 14 heteroatoms. The summed E-state index contributed by atoms with van der Waals surface area (Å²) in [7, 11) is 0. The van der Waals surface area contributed by atoms with Crippen LogP contribution >= 0.6 is 0 Å². The number of benzene rings is 2. The summed E-state index contributed by atoms with van der Waals surface area (Å²) in [6.45, 7) is 2.66. The lowest BCUT2D eigenvalue weighted by molar-refractivity contribution is -0.141. The lowest BCUT2D eigenvalue weighted by atomic mass is 9.90. The molecule has 4 aromatic rings. The van der Waals surface area contributed by atoms with Crippen LogP contribution in [0.4, 0.5) is 45.6 Å². The second-order valence-corrected chi connectivity index (χ2v) is 11.1. The average Bonchev–Trinajstić information content (AvgIpc) is 3.54. The van der Waals surface area contributed by atoms with Crippen molar-refractivity contribution in [2.24, 2.45) is 0 Å². The van der Waals surface area contributed by atoms with Gasteiger partial charge in [0, 0.05) is 45.0 Å². The minimum Gasteiger partial charge on any atom is -0.417 e. The molecule has 2 aromatic heterocycles. The smallest absolute Gasteiger partial charge is 0.417 e. The molecular weight excluding hydrogens is 606 g/mol. The van der Waals surface area contributed by atoms with Gasteiger partial charge in [0.15, 0.2) is 5.69 Å². The van der Waals surface area contributed by atoms with E-state index in [1.54, 1.807) is 15.9 Å². The van der Waals surface area contributed by atoms with E-state index >= 15 is 0 Å². The highest BCUT2D eigenvalue weighted by Gasteiger charge is 2.42. The van der Waals surface area contributed by atoms with E-state index in [1.165, 1.54) is 42.1 Å². The van der Waals surface area contributed by atoms with E-state index < -0.39 is 29.4 Å². The Morgan fingerprint density at radius 3 is 2.11 bits per heavy atom. The number of hydrogen-bond acceptors (Lipinski definition) is 7. The number of anilines is 4. The van der Waals surface area contributed by atoms with Crippen molar-refractivity contribution in [3.63, 3.8) is 0 Å². The molecule has 0 unspecified atom stereocenters. The van der Waals surface area contributed by atoms with E-state index in [2.05, 4.69) is 20.6 Å². The predicted molar refractivity (Wildman–Crippen MR) is 164 cm³/mol. The van der Waals surface area contributed by atoms with E-state index in [0.29, 0.717) is 63.6 Å². The third-order valence-electron chi connectivity index (χ3n) is 8.12. The van der Waals surface area contributed by atoms with Crippen molar-refractivity contribution in [1.29, 1.82) is 0 Å². The largest absolute Gasteiger partial charge is 0.437 e. The third kappa shape index (κ3) is 7.05. The van der Waals surface area contributed by atoms with Crippen molar-refractivity contribution in [2.75, 3.05) is 59.7 Å². The van der Waals surface area contributed by atoms with E-state index in [9.17, 15) is 27.2 Å². The molecule has 0 radical (unpaired) electrons. The van der Waals surface area contributed by atoms with Crippen molar-refractivity contribution < 1.29 is 31.6 Å². The number of nitrogens with zero attached hydrogens (tertiary/aromatic N) is 5. The van der Waals surface area contributed by atoms with Crippen molar-refractivity contribution in [3.05, 3.63) is 95.8 Å². The minimum atomic E-state index is -4.89. The predicted octanol–water partition coefficient (Wildman–Crippen LogP) is 6.22. The Bertz CT molecular complexity index is 1650. The van der Waals surface area contributed by atoms with Crippen LogP contribution in [0.1, 0.15) is 40.6 Å². The van der Waals surface area contributed by atoms with Gasteiger partial charge in [-0.3, -0.25) is 4.79 Å². The highest BCUT2D eigenvalue weighted by atomic mass is 19.4. The number of carbonyl (C=O) groups is 2. The molecule has 2 aliphatic heterocycles. The van der Waals surface area contributed by atoms with Crippen LogP contribution in [0, 0.1) is 5.82 Å². The van der Waals surface area contributed by atoms with Crippen LogP contribution < -0.4 is 20.4 Å². The first-order valence-electron chi connectivity index (χ1n) is 14.9. The van der Waals surface area contributed by atoms with Gasteiger partial charge in [-0.1, -0.05) is 30.3 Å². The van der Waals surface area contributed by atoms with Gasteiger partial charge in [-0.15, -0.1) is 0 Å².